The number of nitrogens with two attached hydrogens (primary N) is 1. The van der Waals surface area contributed by atoms with Gasteiger partial charge in [0.15, 0.2) is 0 Å². The molecule has 17 heavy (non-hydrogen) atoms. The zero-order chi connectivity index (χ0) is 13.1. The SMILES string of the molecule is Cc1cccc(N(C)CCC(N)C(C)(C)C)c1. The van der Waals surface area contributed by atoms with Crippen molar-refractivity contribution >= 4 is 5.69 Å². The van der Waals surface area contributed by atoms with Gasteiger partial charge in [-0.2, -0.15) is 0 Å². The quantitative estimate of drug-likeness (QED) is 0.867. The van der Waals surface area contributed by atoms with Gasteiger partial charge in [-0.05, 0) is 36.5 Å². The van der Waals surface area contributed by atoms with Gasteiger partial charge in [0, 0.05) is 25.3 Å². The molecule has 0 saturated heterocycles. The van der Waals surface area contributed by atoms with E-state index in [2.05, 4.69) is 63.9 Å². The van der Waals surface area contributed by atoms with Crippen LogP contribution in [-0.2, 0) is 0 Å². The minimum absolute atomic E-state index is 0.188. The molecule has 2 heteroatoms. The minimum atomic E-state index is 0.188. The zero-order valence-corrected chi connectivity index (χ0v) is 11.8. The number of hydrogen-bond acceptors (Lipinski definition) is 2. The predicted octanol–water partition coefficient (Wildman–Crippen LogP) is 3.19. The molecule has 0 spiro atoms. The summed E-state index contributed by atoms with van der Waals surface area (Å²) in [4.78, 5) is 2.28. The Morgan fingerprint density at radius 3 is 2.47 bits per heavy atom. The first kappa shape index (κ1) is 14.0. The Balaban J connectivity index is 2.53. The van der Waals surface area contributed by atoms with Crippen LogP contribution in [0.15, 0.2) is 24.3 Å². The summed E-state index contributed by atoms with van der Waals surface area (Å²) in [6.07, 6.45) is 1.02. The first-order valence-electron chi connectivity index (χ1n) is 6.34. The van der Waals surface area contributed by atoms with Gasteiger partial charge in [-0.3, -0.25) is 0 Å². The molecule has 0 aliphatic rings. The van der Waals surface area contributed by atoms with E-state index in [0.29, 0.717) is 0 Å². The number of aryl methyl sites for hydroxylation is 1. The fourth-order valence-corrected chi connectivity index (χ4v) is 1.76. The number of nitrogens with zero attached hydrogens (tertiary/aromatic N) is 1. The molecule has 0 fully saturated rings. The Morgan fingerprint density at radius 2 is 1.94 bits per heavy atom. The summed E-state index contributed by atoms with van der Waals surface area (Å²) in [6.45, 7) is 9.72. The van der Waals surface area contributed by atoms with Gasteiger partial charge >= 0.3 is 0 Å². The summed E-state index contributed by atoms with van der Waals surface area (Å²) >= 11 is 0. The molecule has 0 radical (unpaired) electrons. The molecule has 0 heterocycles. The molecule has 0 aromatic heterocycles. The summed E-state index contributed by atoms with van der Waals surface area (Å²) in [5.41, 5.74) is 8.94. The van der Waals surface area contributed by atoms with E-state index in [1.54, 1.807) is 0 Å². The first-order valence-corrected chi connectivity index (χ1v) is 6.34. The van der Waals surface area contributed by atoms with Crippen LogP contribution in [0.25, 0.3) is 0 Å². The van der Waals surface area contributed by atoms with Crippen molar-refractivity contribution in [1.82, 2.24) is 0 Å². The van der Waals surface area contributed by atoms with Crippen molar-refractivity contribution < 1.29 is 0 Å². The molecule has 1 aromatic carbocycles. The van der Waals surface area contributed by atoms with Crippen LogP contribution < -0.4 is 10.6 Å². The Bertz CT molecular complexity index is 352. The molecule has 2 nitrogen and oxygen atoms in total. The summed E-state index contributed by atoms with van der Waals surface area (Å²) in [6, 6.07) is 8.83. The molecule has 0 saturated carbocycles. The van der Waals surface area contributed by atoms with E-state index in [0.717, 1.165) is 13.0 Å². The van der Waals surface area contributed by atoms with Gasteiger partial charge in [0.05, 0.1) is 0 Å². The molecule has 96 valence electrons. The third-order valence-corrected chi connectivity index (χ3v) is 3.33. The lowest BCUT2D eigenvalue weighted by molar-refractivity contribution is 0.308. The van der Waals surface area contributed by atoms with E-state index >= 15 is 0 Å². The van der Waals surface area contributed by atoms with Gasteiger partial charge in [0.25, 0.3) is 0 Å². The maximum Gasteiger partial charge on any atom is 0.0366 e. The average Bonchev–Trinajstić information content (AvgIpc) is 2.24. The largest absolute Gasteiger partial charge is 0.375 e. The van der Waals surface area contributed by atoms with Crippen LogP contribution >= 0.6 is 0 Å². The van der Waals surface area contributed by atoms with Crippen LogP contribution in [0.2, 0.25) is 0 Å². The van der Waals surface area contributed by atoms with Crippen LogP contribution in [-0.4, -0.2) is 19.6 Å². The van der Waals surface area contributed by atoms with E-state index < -0.39 is 0 Å². The number of hydrogen-bond donors (Lipinski definition) is 1. The third-order valence-electron chi connectivity index (χ3n) is 3.33. The molecule has 0 amide bonds. The Kier molecular flexibility index (Phi) is 4.58. The normalized spacial score (nSPS) is 13.5. The fraction of sp³-hybridized carbons (Fsp3) is 0.600. The van der Waals surface area contributed by atoms with Crippen molar-refractivity contribution in [2.75, 3.05) is 18.5 Å². The smallest absolute Gasteiger partial charge is 0.0366 e. The highest BCUT2D eigenvalue weighted by Gasteiger charge is 2.20. The van der Waals surface area contributed by atoms with Gasteiger partial charge in [-0.1, -0.05) is 32.9 Å². The van der Waals surface area contributed by atoms with Crippen molar-refractivity contribution in [3.05, 3.63) is 29.8 Å². The zero-order valence-electron chi connectivity index (χ0n) is 11.8. The second-order valence-electron chi connectivity index (χ2n) is 6.02. The lowest BCUT2D eigenvalue weighted by Gasteiger charge is -2.29. The van der Waals surface area contributed by atoms with Crippen LogP contribution in [0, 0.1) is 12.3 Å². The summed E-state index contributed by atoms with van der Waals surface area (Å²) in [5.74, 6) is 0. The molecular weight excluding hydrogens is 208 g/mol. The number of rotatable bonds is 4. The summed E-state index contributed by atoms with van der Waals surface area (Å²) < 4.78 is 0. The molecule has 0 aliphatic heterocycles. The second kappa shape index (κ2) is 5.54. The highest BCUT2D eigenvalue weighted by Crippen LogP contribution is 2.21. The van der Waals surface area contributed by atoms with Crippen molar-refractivity contribution in [3.8, 4) is 0 Å². The molecule has 1 rings (SSSR count). The standard InChI is InChI=1S/C15H26N2/c1-12-7-6-8-13(11-12)17(5)10-9-14(16)15(2,3)4/h6-8,11,14H,9-10,16H2,1-5H3. The number of anilines is 1. The van der Waals surface area contributed by atoms with Gasteiger partial charge < -0.3 is 10.6 Å². The van der Waals surface area contributed by atoms with E-state index in [1.165, 1.54) is 11.3 Å². The minimum Gasteiger partial charge on any atom is -0.375 e. The van der Waals surface area contributed by atoms with Gasteiger partial charge in [-0.25, -0.2) is 0 Å². The lowest BCUT2D eigenvalue weighted by atomic mass is 9.85. The predicted molar refractivity (Wildman–Crippen MR) is 76.5 cm³/mol. The fourth-order valence-electron chi connectivity index (χ4n) is 1.76. The van der Waals surface area contributed by atoms with E-state index in [1.807, 2.05) is 0 Å². The van der Waals surface area contributed by atoms with Crippen molar-refractivity contribution in [2.45, 2.75) is 40.2 Å². The van der Waals surface area contributed by atoms with E-state index in [9.17, 15) is 0 Å². The Morgan fingerprint density at radius 1 is 1.29 bits per heavy atom. The molecule has 0 aliphatic carbocycles. The van der Waals surface area contributed by atoms with E-state index in [4.69, 9.17) is 5.73 Å². The van der Waals surface area contributed by atoms with Gasteiger partial charge in [-0.15, -0.1) is 0 Å². The average molecular weight is 234 g/mol. The lowest BCUT2D eigenvalue weighted by Crippen LogP contribution is -2.38. The Labute approximate surface area is 106 Å². The molecule has 1 atom stereocenters. The van der Waals surface area contributed by atoms with Gasteiger partial charge in [0.2, 0.25) is 0 Å². The van der Waals surface area contributed by atoms with Crippen molar-refractivity contribution in [2.24, 2.45) is 11.1 Å². The number of benzene rings is 1. The highest BCUT2D eigenvalue weighted by molar-refractivity contribution is 5.47. The highest BCUT2D eigenvalue weighted by atomic mass is 15.1. The molecule has 0 bridgehead atoms. The molecule has 2 N–H and O–H groups in total. The topological polar surface area (TPSA) is 29.3 Å². The van der Waals surface area contributed by atoms with Crippen LogP contribution in [0.4, 0.5) is 5.69 Å². The molecular formula is C15H26N2. The monoisotopic (exact) mass is 234 g/mol. The van der Waals surface area contributed by atoms with Crippen molar-refractivity contribution in [3.63, 3.8) is 0 Å². The summed E-state index contributed by atoms with van der Waals surface area (Å²) in [7, 11) is 2.13. The van der Waals surface area contributed by atoms with Crippen molar-refractivity contribution in [1.29, 1.82) is 0 Å². The van der Waals surface area contributed by atoms with Gasteiger partial charge in [0.1, 0.15) is 0 Å². The summed E-state index contributed by atoms with van der Waals surface area (Å²) in [5, 5.41) is 0. The maximum atomic E-state index is 6.18. The van der Waals surface area contributed by atoms with Crippen LogP contribution in [0.3, 0.4) is 0 Å². The Hall–Kier alpha value is -1.02. The first-order chi connectivity index (χ1) is 7.80. The van der Waals surface area contributed by atoms with Crippen LogP contribution in [0.1, 0.15) is 32.8 Å². The van der Waals surface area contributed by atoms with Crippen LogP contribution in [0.5, 0.6) is 0 Å². The van der Waals surface area contributed by atoms with E-state index in [-0.39, 0.29) is 11.5 Å². The second-order valence-corrected chi connectivity index (χ2v) is 6.02. The molecule has 1 aromatic rings. The maximum absolute atomic E-state index is 6.18. The molecule has 1 unspecified atom stereocenters. The third kappa shape index (κ3) is 4.39.